The minimum Gasteiger partial charge on any atom is -0.338 e. The second-order valence-corrected chi connectivity index (χ2v) is 4.37. The predicted octanol–water partition coefficient (Wildman–Crippen LogP) is 1.29. The number of aromatic nitrogens is 4. The molecule has 0 aliphatic carbocycles. The molecule has 0 fully saturated rings. The van der Waals surface area contributed by atoms with Crippen LogP contribution in [0.5, 0.6) is 0 Å². The van der Waals surface area contributed by atoms with Crippen LogP contribution in [0.2, 0.25) is 0 Å². The van der Waals surface area contributed by atoms with E-state index in [-0.39, 0.29) is 11.4 Å². The van der Waals surface area contributed by atoms with Crippen molar-refractivity contribution in [1.82, 2.24) is 25.1 Å². The Morgan fingerprint density at radius 2 is 2.05 bits per heavy atom. The topological polar surface area (TPSA) is 109 Å². The molecule has 2 amide bonds. The molecule has 2 N–H and O–H groups in total. The molecular formula is C13H15N7O. The zero-order valence-corrected chi connectivity index (χ0v) is 12.0. The number of anilines is 1. The molecule has 2 heterocycles. The van der Waals surface area contributed by atoms with E-state index in [2.05, 4.69) is 25.7 Å². The van der Waals surface area contributed by atoms with E-state index >= 15 is 0 Å². The van der Waals surface area contributed by atoms with E-state index in [0.717, 1.165) is 11.4 Å². The number of rotatable bonds is 3. The highest BCUT2D eigenvalue weighted by molar-refractivity contribution is 5.89. The summed E-state index contributed by atoms with van der Waals surface area (Å²) in [5, 5.41) is 18.4. The molecule has 0 atom stereocenters. The van der Waals surface area contributed by atoms with Gasteiger partial charge in [-0.2, -0.15) is 15.0 Å². The van der Waals surface area contributed by atoms with Crippen LogP contribution in [0.15, 0.2) is 12.3 Å². The van der Waals surface area contributed by atoms with Crippen LogP contribution in [0.25, 0.3) is 5.95 Å². The lowest BCUT2D eigenvalue weighted by Gasteiger charge is -2.09. The molecule has 0 aromatic carbocycles. The second-order valence-electron chi connectivity index (χ2n) is 4.37. The number of hydrogen-bond donors (Lipinski definition) is 2. The lowest BCUT2D eigenvalue weighted by molar-refractivity contribution is 0.252. The van der Waals surface area contributed by atoms with Gasteiger partial charge in [0.15, 0.2) is 5.82 Å². The summed E-state index contributed by atoms with van der Waals surface area (Å²) in [4.78, 5) is 20.2. The minimum atomic E-state index is -0.417. The van der Waals surface area contributed by atoms with Gasteiger partial charge >= 0.3 is 6.03 Å². The van der Waals surface area contributed by atoms with Crippen molar-refractivity contribution in [2.75, 3.05) is 11.9 Å². The molecular weight excluding hydrogens is 270 g/mol. The molecule has 0 spiro atoms. The number of carbonyl (C=O) groups is 1. The van der Waals surface area contributed by atoms with Crippen molar-refractivity contribution in [1.29, 1.82) is 5.26 Å². The van der Waals surface area contributed by atoms with Gasteiger partial charge in [0.2, 0.25) is 0 Å². The van der Waals surface area contributed by atoms with Gasteiger partial charge in [-0.05, 0) is 26.8 Å². The highest BCUT2D eigenvalue weighted by Crippen LogP contribution is 2.17. The Hall–Kier alpha value is -2.95. The van der Waals surface area contributed by atoms with Crippen LogP contribution in [0.1, 0.15) is 23.9 Å². The van der Waals surface area contributed by atoms with Crippen molar-refractivity contribution in [3.8, 4) is 12.0 Å². The summed E-state index contributed by atoms with van der Waals surface area (Å²) in [7, 11) is 0. The molecule has 2 aromatic rings. The molecule has 2 aromatic heterocycles. The number of amides is 2. The van der Waals surface area contributed by atoms with E-state index in [1.807, 2.05) is 26.0 Å². The van der Waals surface area contributed by atoms with Gasteiger partial charge in [-0.25, -0.2) is 14.8 Å². The van der Waals surface area contributed by atoms with Crippen LogP contribution in [-0.2, 0) is 0 Å². The van der Waals surface area contributed by atoms with Crippen LogP contribution in [0.4, 0.5) is 10.6 Å². The van der Waals surface area contributed by atoms with Gasteiger partial charge in [0.1, 0.15) is 11.6 Å². The molecule has 2 rings (SSSR count). The molecule has 8 heteroatoms. The maximum absolute atomic E-state index is 11.7. The van der Waals surface area contributed by atoms with Crippen LogP contribution in [-0.4, -0.2) is 32.3 Å². The fourth-order valence-electron chi connectivity index (χ4n) is 1.82. The standard InChI is InChI=1S/C13H15N7O/c1-4-15-13(21)19-11-10(6-14)7-16-20(11)12-17-8(2)5-9(3)18-12/h5,7H,4H2,1-3H3,(H2,15,19,21). The Kier molecular flexibility index (Phi) is 4.13. The van der Waals surface area contributed by atoms with Crippen LogP contribution >= 0.6 is 0 Å². The monoisotopic (exact) mass is 285 g/mol. The molecule has 108 valence electrons. The molecule has 0 bridgehead atoms. The normalized spacial score (nSPS) is 10.0. The number of urea groups is 1. The quantitative estimate of drug-likeness (QED) is 0.883. The summed E-state index contributed by atoms with van der Waals surface area (Å²) >= 11 is 0. The predicted molar refractivity (Wildman–Crippen MR) is 76.0 cm³/mol. The highest BCUT2D eigenvalue weighted by atomic mass is 16.2. The Labute approximate surface area is 121 Å². The van der Waals surface area contributed by atoms with E-state index in [1.165, 1.54) is 10.9 Å². The Balaban J connectivity index is 2.47. The first-order chi connectivity index (χ1) is 10.0. The van der Waals surface area contributed by atoms with E-state index in [4.69, 9.17) is 5.26 Å². The van der Waals surface area contributed by atoms with Crippen LogP contribution in [0.3, 0.4) is 0 Å². The summed E-state index contributed by atoms with van der Waals surface area (Å²) in [6, 6.07) is 3.39. The molecule has 0 unspecified atom stereocenters. The van der Waals surface area contributed by atoms with E-state index in [1.54, 1.807) is 6.92 Å². The summed E-state index contributed by atoms with van der Waals surface area (Å²) in [5.74, 6) is 0.550. The first kappa shape index (κ1) is 14.5. The molecule has 0 aliphatic heterocycles. The fraction of sp³-hybridized carbons (Fsp3) is 0.308. The smallest absolute Gasteiger partial charge is 0.320 e. The number of nitriles is 1. The van der Waals surface area contributed by atoms with Gasteiger partial charge in [0.25, 0.3) is 5.95 Å². The SMILES string of the molecule is CCNC(=O)Nc1c(C#N)cnn1-c1nc(C)cc(C)n1. The molecule has 0 saturated heterocycles. The molecule has 0 radical (unpaired) electrons. The average Bonchev–Trinajstić information content (AvgIpc) is 2.80. The largest absolute Gasteiger partial charge is 0.338 e. The number of nitrogens with one attached hydrogen (secondary N) is 2. The average molecular weight is 285 g/mol. The Morgan fingerprint density at radius 1 is 1.38 bits per heavy atom. The molecule has 21 heavy (non-hydrogen) atoms. The lowest BCUT2D eigenvalue weighted by atomic mass is 10.3. The molecule has 0 aliphatic rings. The number of hydrogen-bond acceptors (Lipinski definition) is 5. The highest BCUT2D eigenvalue weighted by Gasteiger charge is 2.16. The van der Waals surface area contributed by atoms with Crippen molar-refractivity contribution < 1.29 is 4.79 Å². The first-order valence-electron chi connectivity index (χ1n) is 6.40. The van der Waals surface area contributed by atoms with Gasteiger partial charge in [0.05, 0.1) is 6.20 Å². The summed E-state index contributed by atoms with van der Waals surface area (Å²) in [6.07, 6.45) is 1.36. The van der Waals surface area contributed by atoms with Gasteiger partial charge in [-0.3, -0.25) is 5.32 Å². The van der Waals surface area contributed by atoms with Gasteiger partial charge in [-0.1, -0.05) is 0 Å². The minimum absolute atomic E-state index is 0.240. The third-order valence-corrected chi connectivity index (χ3v) is 2.62. The first-order valence-corrected chi connectivity index (χ1v) is 6.40. The summed E-state index contributed by atoms with van der Waals surface area (Å²) < 4.78 is 1.34. The van der Waals surface area contributed by atoms with Gasteiger partial charge in [0, 0.05) is 17.9 Å². The number of aryl methyl sites for hydroxylation is 2. The van der Waals surface area contributed by atoms with Crippen LogP contribution < -0.4 is 10.6 Å². The third kappa shape index (κ3) is 3.14. The molecule has 0 saturated carbocycles. The Morgan fingerprint density at radius 3 is 2.62 bits per heavy atom. The summed E-state index contributed by atoms with van der Waals surface area (Å²) in [5.41, 5.74) is 1.79. The van der Waals surface area contributed by atoms with Crippen molar-refractivity contribution in [3.63, 3.8) is 0 Å². The summed E-state index contributed by atoms with van der Waals surface area (Å²) in [6.45, 7) is 5.95. The molecule has 8 nitrogen and oxygen atoms in total. The second kappa shape index (κ2) is 6.00. The van der Waals surface area contributed by atoms with Crippen molar-refractivity contribution in [3.05, 3.63) is 29.2 Å². The zero-order chi connectivity index (χ0) is 15.4. The number of nitrogens with zero attached hydrogens (tertiary/aromatic N) is 5. The van der Waals surface area contributed by atoms with Crippen molar-refractivity contribution in [2.24, 2.45) is 0 Å². The van der Waals surface area contributed by atoms with Gasteiger partial charge < -0.3 is 5.32 Å². The number of carbonyl (C=O) groups excluding carboxylic acids is 1. The van der Waals surface area contributed by atoms with E-state index in [9.17, 15) is 4.79 Å². The van der Waals surface area contributed by atoms with E-state index < -0.39 is 6.03 Å². The van der Waals surface area contributed by atoms with Crippen LogP contribution in [0, 0.1) is 25.2 Å². The van der Waals surface area contributed by atoms with Crippen molar-refractivity contribution in [2.45, 2.75) is 20.8 Å². The lowest BCUT2D eigenvalue weighted by Crippen LogP contribution is -2.29. The zero-order valence-electron chi connectivity index (χ0n) is 12.0. The fourth-order valence-corrected chi connectivity index (χ4v) is 1.82. The third-order valence-electron chi connectivity index (χ3n) is 2.62. The Bertz CT molecular complexity index is 694. The maximum atomic E-state index is 11.7. The van der Waals surface area contributed by atoms with Crippen molar-refractivity contribution >= 4 is 11.8 Å². The van der Waals surface area contributed by atoms with Gasteiger partial charge in [-0.15, -0.1) is 0 Å². The maximum Gasteiger partial charge on any atom is 0.320 e. The van der Waals surface area contributed by atoms with E-state index in [0.29, 0.717) is 12.5 Å².